The average molecular weight is 200 g/mol. The van der Waals surface area contributed by atoms with E-state index in [2.05, 4.69) is 25.3 Å². The van der Waals surface area contributed by atoms with Crippen LogP contribution in [-0.2, 0) is 0 Å². The van der Waals surface area contributed by atoms with Crippen LogP contribution in [0.5, 0.6) is 0 Å². The zero-order valence-corrected chi connectivity index (χ0v) is 9.50. The lowest BCUT2D eigenvalue weighted by atomic mass is 9.93. The Bertz CT molecular complexity index is 155. The normalized spacial score (nSPS) is 12.1. The molecule has 0 bridgehead atoms. The van der Waals surface area contributed by atoms with Gasteiger partial charge in [-0.2, -0.15) is 0 Å². The van der Waals surface area contributed by atoms with Crippen LogP contribution in [0.15, 0.2) is 12.7 Å². The SMILES string of the molecule is C=CCN(CCO)CC(N)(CC)CC. The van der Waals surface area contributed by atoms with E-state index in [1.54, 1.807) is 0 Å². The van der Waals surface area contributed by atoms with Gasteiger partial charge in [0.25, 0.3) is 0 Å². The second kappa shape index (κ2) is 6.98. The van der Waals surface area contributed by atoms with Gasteiger partial charge in [-0.25, -0.2) is 0 Å². The molecule has 3 heteroatoms. The van der Waals surface area contributed by atoms with E-state index in [0.29, 0.717) is 6.54 Å². The molecule has 0 aromatic heterocycles. The van der Waals surface area contributed by atoms with Crippen LogP contribution in [0, 0.1) is 0 Å². The zero-order chi connectivity index (χ0) is 11.0. The molecular formula is C11H24N2O. The van der Waals surface area contributed by atoms with Crippen LogP contribution in [0.25, 0.3) is 0 Å². The Morgan fingerprint density at radius 1 is 1.43 bits per heavy atom. The van der Waals surface area contributed by atoms with Crippen molar-refractivity contribution >= 4 is 0 Å². The number of nitrogens with two attached hydrogens (primary N) is 1. The highest BCUT2D eigenvalue weighted by Crippen LogP contribution is 2.13. The maximum Gasteiger partial charge on any atom is 0.0558 e. The third-order valence-corrected chi connectivity index (χ3v) is 2.75. The van der Waals surface area contributed by atoms with E-state index in [1.807, 2.05) is 6.08 Å². The molecule has 3 nitrogen and oxygen atoms in total. The molecule has 0 heterocycles. The monoisotopic (exact) mass is 200 g/mol. The molecule has 0 saturated heterocycles. The van der Waals surface area contributed by atoms with Crippen LogP contribution in [0.1, 0.15) is 26.7 Å². The summed E-state index contributed by atoms with van der Waals surface area (Å²) in [7, 11) is 0. The van der Waals surface area contributed by atoms with E-state index >= 15 is 0 Å². The van der Waals surface area contributed by atoms with Crippen LogP contribution in [0.3, 0.4) is 0 Å². The Labute approximate surface area is 87.6 Å². The first-order valence-corrected chi connectivity index (χ1v) is 5.34. The highest BCUT2D eigenvalue weighted by molar-refractivity contribution is 4.87. The predicted octanol–water partition coefficient (Wildman–Crippen LogP) is 0.984. The van der Waals surface area contributed by atoms with Gasteiger partial charge in [-0.3, -0.25) is 4.90 Å². The Morgan fingerprint density at radius 2 is 2.00 bits per heavy atom. The highest BCUT2D eigenvalue weighted by atomic mass is 16.3. The molecular weight excluding hydrogens is 176 g/mol. The van der Waals surface area contributed by atoms with Gasteiger partial charge >= 0.3 is 0 Å². The van der Waals surface area contributed by atoms with Gasteiger partial charge < -0.3 is 10.8 Å². The Hall–Kier alpha value is -0.380. The topological polar surface area (TPSA) is 49.5 Å². The van der Waals surface area contributed by atoms with Crippen LogP contribution in [0.4, 0.5) is 0 Å². The maximum atomic E-state index is 8.89. The van der Waals surface area contributed by atoms with Gasteiger partial charge in [-0.1, -0.05) is 19.9 Å². The smallest absolute Gasteiger partial charge is 0.0558 e. The molecule has 0 amide bonds. The summed E-state index contributed by atoms with van der Waals surface area (Å²) in [5.41, 5.74) is 6.07. The highest BCUT2D eigenvalue weighted by Gasteiger charge is 2.22. The van der Waals surface area contributed by atoms with E-state index < -0.39 is 0 Å². The van der Waals surface area contributed by atoms with Gasteiger partial charge in [0.1, 0.15) is 0 Å². The largest absolute Gasteiger partial charge is 0.395 e. The lowest BCUT2D eigenvalue weighted by Gasteiger charge is -2.33. The minimum absolute atomic E-state index is 0.127. The fourth-order valence-corrected chi connectivity index (χ4v) is 1.48. The lowest BCUT2D eigenvalue weighted by Crippen LogP contribution is -2.50. The van der Waals surface area contributed by atoms with Crippen molar-refractivity contribution in [2.45, 2.75) is 32.2 Å². The fraction of sp³-hybridized carbons (Fsp3) is 0.818. The Balaban J connectivity index is 4.16. The number of hydrogen-bond acceptors (Lipinski definition) is 3. The summed E-state index contributed by atoms with van der Waals surface area (Å²) in [6.45, 7) is 10.4. The fourth-order valence-electron chi connectivity index (χ4n) is 1.48. The van der Waals surface area contributed by atoms with Crippen molar-refractivity contribution in [2.24, 2.45) is 5.73 Å². The maximum absolute atomic E-state index is 8.89. The molecule has 14 heavy (non-hydrogen) atoms. The number of rotatable bonds is 8. The number of nitrogens with zero attached hydrogens (tertiary/aromatic N) is 1. The van der Waals surface area contributed by atoms with Crippen molar-refractivity contribution in [1.29, 1.82) is 0 Å². The van der Waals surface area contributed by atoms with E-state index in [4.69, 9.17) is 10.8 Å². The van der Waals surface area contributed by atoms with Crippen molar-refractivity contribution in [3.8, 4) is 0 Å². The predicted molar refractivity (Wildman–Crippen MR) is 61.2 cm³/mol. The lowest BCUT2D eigenvalue weighted by molar-refractivity contribution is 0.170. The van der Waals surface area contributed by atoms with E-state index in [-0.39, 0.29) is 12.1 Å². The van der Waals surface area contributed by atoms with Crippen LogP contribution < -0.4 is 5.73 Å². The third kappa shape index (κ3) is 4.74. The Kier molecular flexibility index (Phi) is 6.79. The second-order valence-corrected chi connectivity index (χ2v) is 3.82. The van der Waals surface area contributed by atoms with Crippen molar-refractivity contribution in [3.05, 3.63) is 12.7 Å². The third-order valence-electron chi connectivity index (χ3n) is 2.75. The van der Waals surface area contributed by atoms with E-state index in [0.717, 1.165) is 25.9 Å². The summed E-state index contributed by atoms with van der Waals surface area (Å²) < 4.78 is 0. The van der Waals surface area contributed by atoms with E-state index in [9.17, 15) is 0 Å². The first kappa shape index (κ1) is 13.6. The van der Waals surface area contributed by atoms with Crippen molar-refractivity contribution in [2.75, 3.05) is 26.2 Å². The molecule has 0 fully saturated rings. The number of aliphatic hydroxyl groups is 1. The molecule has 0 aliphatic carbocycles. The standard InChI is InChI=1S/C11H24N2O/c1-4-7-13(8-9-14)10-11(12,5-2)6-3/h4,14H,1,5-10,12H2,2-3H3. The second-order valence-electron chi connectivity index (χ2n) is 3.82. The number of hydrogen-bond donors (Lipinski definition) is 2. The van der Waals surface area contributed by atoms with Gasteiger partial charge in [0.15, 0.2) is 0 Å². The molecule has 0 unspecified atom stereocenters. The molecule has 0 aliphatic heterocycles. The van der Waals surface area contributed by atoms with Crippen LogP contribution in [-0.4, -0.2) is 41.8 Å². The summed E-state index contributed by atoms with van der Waals surface area (Å²) >= 11 is 0. The number of aliphatic hydroxyl groups excluding tert-OH is 1. The molecule has 3 N–H and O–H groups in total. The van der Waals surface area contributed by atoms with Crippen LogP contribution in [0.2, 0.25) is 0 Å². The first-order chi connectivity index (χ1) is 6.61. The molecule has 0 aromatic carbocycles. The van der Waals surface area contributed by atoms with Crippen molar-refractivity contribution in [1.82, 2.24) is 4.90 Å². The van der Waals surface area contributed by atoms with Gasteiger partial charge in [0.05, 0.1) is 6.61 Å². The summed E-state index contributed by atoms with van der Waals surface area (Å²) in [6, 6.07) is 0. The minimum atomic E-state index is -0.127. The summed E-state index contributed by atoms with van der Waals surface area (Å²) in [6.07, 6.45) is 3.77. The van der Waals surface area contributed by atoms with Gasteiger partial charge in [-0.05, 0) is 12.8 Å². The molecule has 0 rings (SSSR count). The van der Waals surface area contributed by atoms with Gasteiger partial charge in [0.2, 0.25) is 0 Å². The molecule has 84 valence electrons. The molecule has 0 aromatic rings. The summed E-state index contributed by atoms with van der Waals surface area (Å²) in [5, 5.41) is 8.89. The van der Waals surface area contributed by atoms with Crippen LogP contribution >= 0.6 is 0 Å². The molecule has 0 saturated carbocycles. The first-order valence-electron chi connectivity index (χ1n) is 5.34. The summed E-state index contributed by atoms with van der Waals surface area (Å²) in [4.78, 5) is 2.14. The molecule has 0 aliphatic rings. The molecule has 0 atom stereocenters. The summed E-state index contributed by atoms with van der Waals surface area (Å²) in [5.74, 6) is 0. The van der Waals surface area contributed by atoms with Gasteiger partial charge in [-0.15, -0.1) is 6.58 Å². The molecule has 0 spiro atoms. The average Bonchev–Trinajstić information content (AvgIpc) is 2.18. The van der Waals surface area contributed by atoms with Crippen molar-refractivity contribution in [3.63, 3.8) is 0 Å². The van der Waals surface area contributed by atoms with Crippen molar-refractivity contribution < 1.29 is 5.11 Å². The zero-order valence-electron chi connectivity index (χ0n) is 9.50. The van der Waals surface area contributed by atoms with E-state index in [1.165, 1.54) is 0 Å². The van der Waals surface area contributed by atoms with Gasteiger partial charge in [0, 0.05) is 25.2 Å². The molecule has 0 radical (unpaired) electrons. The quantitative estimate of drug-likeness (QED) is 0.574. The Morgan fingerprint density at radius 3 is 2.36 bits per heavy atom. The minimum Gasteiger partial charge on any atom is -0.395 e.